The summed E-state index contributed by atoms with van der Waals surface area (Å²) in [6.45, 7) is 4.07. The number of anilines is 1. The lowest BCUT2D eigenvalue weighted by atomic mass is 10.0. The van der Waals surface area contributed by atoms with Crippen LogP contribution in [0.15, 0.2) is 42.7 Å². The van der Waals surface area contributed by atoms with E-state index < -0.39 is 0 Å². The number of nitrogens with two attached hydrogens (primary N) is 1. The highest BCUT2D eigenvalue weighted by molar-refractivity contribution is 5.36. The zero-order valence-corrected chi connectivity index (χ0v) is 12.1. The van der Waals surface area contributed by atoms with Crippen molar-refractivity contribution < 1.29 is 0 Å². The summed E-state index contributed by atoms with van der Waals surface area (Å²) < 4.78 is 1.82. The monoisotopic (exact) mass is 279 g/mol. The first-order valence-electron chi connectivity index (χ1n) is 6.82. The van der Waals surface area contributed by atoms with Crippen LogP contribution >= 0.6 is 0 Å². The van der Waals surface area contributed by atoms with Gasteiger partial charge in [-0.15, -0.1) is 0 Å². The van der Waals surface area contributed by atoms with Gasteiger partial charge in [0, 0.05) is 17.7 Å². The molecule has 0 aliphatic heterocycles. The van der Waals surface area contributed by atoms with Gasteiger partial charge in [-0.2, -0.15) is 5.10 Å². The van der Waals surface area contributed by atoms with Crippen molar-refractivity contribution >= 4 is 5.82 Å². The molecule has 106 valence electrons. The Balaban J connectivity index is 1.98. The molecule has 3 aromatic rings. The van der Waals surface area contributed by atoms with Crippen molar-refractivity contribution in [1.29, 1.82) is 0 Å². The highest BCUT2D eigenvalue weighted by atomic mass is 15.3. The maximum absolute atomic E-state index is 5.58. The Labute approximate surface area is 123 Å². The van der Waals surface area contributed by atoms with Gasteiger partial charge in [0.05, 0.1) is 18.1 Å². The molecule has 1 aromatic carbocycles. The van der Waals surface area contributed by atoms with Crippen LogP contribution < -0.4 is 5.73 Å². The van der Waals surface area contributed by atoms with Crippen molar-refractivity contribution in [2.24, 2.45) is 0 Å². The molecule has 0 bridgehead atoms. The van der Waals surface area contributed by atoms with Gasteiger partial charge < -0.3 is 5.73 Å². The van der Waals surface area contributed by atoms with E-state index in [-0.39, 0.29) is 0 Å². The molecule has 2 heterocycles. The highest BCUT2D eigenvalue weighted by Gasteiger charge is 2.14. The fourth-order valence-corrected chi connectivity index (χ4v) is 2.39. The van der Waals surface area contributed by atoms with Crippen LogP contribution in [0.25, 0.3) is 5.82 Å². The molecule has 0 aliphatic carbocycles. The summed E-state index contributed by atoms with van der Waals surface area (Å²) in [7, 11) is 0. The number of hydrogen-bond donors (Lipinski definition) is 1. The minimum atomic E-state index is 0.407. The molecule has 5 heteroatoms. The molecule has 5 nitrogen and oxygen atoms in total. The number of hydrogen-bond acceptors (Lipinski definition) is 4. The summed E-state index contributed by atoms with van der Waals surface area (Å²) >= 11 is 0. The third-order valence-electron chi connectivity index (χ3n) is 3.54. The summed E-state index contributed by atoms with van der Waals surface area (Å²) in [5.74, 6) is 1.09. The number of benzene rings is 1. The van der Waals surface area contributed by atoms with Gasteiger partial charge in [-0.3, -0.25) is 0 Å². The standard InChI is InChI=1S/C16H17N5/c1-11-14(8-13-6-4-3-5-7-13)12(2)21(20-11)16-10-18-15(17)9-19-16/h3-7,9-10H,8H2,1-2H3,(H2,17,18). The van der Waals surface area contributed by atoms with E-state index >= 15 is 0 Å². The van der Waals surface area contributed by atoms with Crippen molar-refractivity contribution in [3.05, 3.63) is 65.2 Å². The zero-order valence-electron chi connectivity index (χ0n) is 12.1. The van der Waals surface area contributed by atoms with E-state index in [9.17, 15) is 0 Å². The second-order valence-electron chi connectivity index (χ2n) is 5.02. The van der Waals surface area contributed by atoms with Crippen LogP contribution in [0.5, 0.6) is 0 Å². The van der Waals surface area contributed by atoms with Gasteiger partial charge in [0.1, 0.15) is 5.82 Å². The second-order valence-corrected chi connectivity index (χ2v) is 5.02. The largest absolute Gasteiger partial charge is 0.382 e. The first-order valence-corrected chi connectivity index (χ1v) is 6.82. The quantitative estimate of drug-likeness (QED) is 0.799. The average molecular weight is 279 g/mol. The lowest BCUT2D eigenvalue weighted by molar-refractivity contribution is 0.799. The summed E-state index contributed by atoms with van der Waals surface area (Å²) in [5.41, 5.74) is 10.2. The van der Waals surface area contributed by atoms with Crippen molar-refractivity contribution in [2.45, 2.75) is 20.3 Å². The van der Waals surface area contributed by atoms with Crippen LogP contribution in [0.4, 0.5) is 5.82 Å². The molecule has 0 atom stereocenters. The molecule has 0 saturated heterocycles. The smallest absolute Gasteiger partial charge is 0.172 e. The SMILES string of the molecule is Cc1nn(-c2cnc(N)cn2)c(C)c1Cc1ccccc1. The predicted molar refractivity (Wildman–Crippen MR) is 82.3 cm³/mol. The number of aromatic nitrogens is 4. The molecule has 21 heavy (non-hydrogen) atoms. The molecule has 3 rings (SSSR count). The molecule has 0 aliphatic rings. The molecule has 0 fully saturated rings. The van der Waals surface area contributed by atoms with E-state index in [0.717, 1.165) is 17.8 Å². The van der Waals surface area contributed by atoms with Crippen molar-refractivity contribution in [2.75, 3.05) is 5.73 Å². The third-order valence-corrected chi connectivity index (χ3v) is 3.54. The molecule has 0 unspecified atom stereocenters. The molecule has 2 aromatic heterocycles. The number of aryl methyl sites for hydroxylation is 1. The first kappa shape index (κ1) is 13.3. The van der Waals surface area contributed by atoms with E-state index in [1.165, 1.54) is 11.1 Å². The predicted octanol–water partition coefficient (Wildman–Crippen LogP) is 2.45. The number of nitrogens with zero attached hydrogens (tertiary/aromatic N) is 4. The molecular weight excluding hydrogens is 262 g/mol. The fraction of sp³-hybridized carbons (Fsp3) is 0.188. The summed E-state index contributed by atoms with van der Waals surface area (Å²) in [6.07, 6.45) is 4.05. The Hall–Kier alpha value is -2.69. The molecule has 0 spiro atoms. The molecular formula is C16H17N5. The highest BCUT2D eigenvalue weighted by Crippen LogP contribution is 2.20. The first-order chi connectivity index (χ1) is 10.1. The average Bonchev–Trinajstić information content (AvgIpc) is 2.77. The molecule has 0 radical (unpaired) electrons. The summed E-state index contributed by atoms with van der Waals surface area (Å²) in [6, 6.07) is 10.4. The van der Waals surface area contributed by atoms with Gasteiger partial charge in [-0.1, -0.05) is 30.3 Å². The maximum atomic E-state index is 5.58. The fourth-order valence-electron chi connectivity index (χ4n) is 2.39. The number of rotatable bonds is 3. The number of nitrogen functional groups attached to an aromatic ring is 1. The van der Waals surface area contributed by atoms with Crippen LogP contribution in [-0.2, 0) is 6.42 Å². The maximum Gasteiger partial charge on any atom is 0.172 e. The van der Waals surface area contributed by atoms with Gasteiger partial charge in [0.2, 0.25) is 0 Å². The zero-order chi connectivity index (χ0) is 14.8. The van der Waals surface area contributed by atoms with Crippen LogP contribution in [0.1, 0.15) is 22.5 Å². The van der Waals surface area contributed by atoms with E-state index in [2.05, 4.69) is 46.3 Å². The Morgan fingerprint density at radius 2 is 1.81 bits per heavy atom. The minimum absolute atomic E-state index is 0.407. The van der Waals surface area contributed by atoms with Crippen LogP contribution in [0.2, 0.25) is 0 Å². The van der Waals surface area contributed by atoms with Crippen molar-refractivity contribution in [3.63, 3.8) is 0 Å². The Morgan fingerprint density at radius 3 is 2.48 bits per heavy atom. The minimum Gasteiger partial charge on any atom is -0.382 e. The summed E-state index contributed by atoms with van der Waals surface area (Å²) in [4.78, 5) is 8.36. The van der Waals surface area contributed by atoms with Gasteiger partial charge in [-0.05, 0) is 19.4 Å². The summed E-state index contributed by atoms with van der Waals surface area (Å²) in [5, 5.41) is 4.58. The van der Waals surface area contributed by atoms with Gasteiger partial charge in [0.15, 0.2) is 5.82 Å². The molecule has 0 saturated carbocycles. The second kappa shape index (κ2) is 5.36. The Bertz CT molecular complexity index is 744. The van der Waals surface area contributed by atoms with Crippen LogP contribution in [-0.4, -0.2) is 19.7 Å². The Morgan fingerprint density at radius 1 is 1.05 bits per heavy atom. The topological polar surface area (TPSA) is 69.6 Å². The van der Waals surface area contributed by atoms with E-state index in [0.29, 0.717) is 11.6 Å². The van der Waals surface area contributed by atoms with Crippen molar-refractivity contribution in [1.82, 2.24) is 19.7 Å². The molecule has 2 N–H and O–H groups in total. The lowest BCUT2D eigenvalue weighted by Gasteiger charge is -2.05. The van der Waals surface area contributed by atoms with Crippen LogP contribution in [0, 0.1) is 13.8 Å². The van der Waals surface area contributed by atoms with Crippen molar-refractivity contribution in [3.8, 4) is 5.82 Å². The third kappa shape index (κ3) is 2.63. The van der Waals surface area contributed by atoms with E-state index in [4.69, 9.17) is 5.73 Å². The lowest BCUT2D eigenvalue weighted by Crippen LogP contribution is -2.04. The Kier molecular flexibility index (Phi) is 3.39. The normalized spacial score (nSPS) is 10.8. The van der Waals surface area contributed by atoms with Crippen LogP contribution in [0.3, 0.4) is 0 Å². The van der Waals surface area contributed by atoms with Gasteiger partial charge >= 0.3 is 0 Å². The van der Waals surface area contributed by atoms with E-state index in [1.807, 2.05) is 17.7 Å². The molecule has 0 amide bonds. The van der Waals surface area contributed by atoms with Gasteiger partial charge in [0.25, 0.3) is 0 Å². The van der Waals surface area contributed by atoms with E-state index in [1.54, 1.807) is 12.4 Å². The van der Waals surface area contributed by atoms with Gasteiger partial charge in [-0.25, -0.2) is 14.6 Å².